The topological polar surface area (TPSA) is 4.93 Å². The summed E-state index contributed by atoms with van der Waals surface area (Å²) in [7, 11) is 0. The van der Waals surface area contributed by atoms with Crippen LogP contribution in [-0.4, -0.2) is 4.57 Å². The van der Waals surface area contributed by atoms with Crippen molar-refractivity contribution < 1.29 is 0 Å². The smallest absolute Gasteiger partial charge is 0.0579 e. The first-order chi connectivity index (χ1) is 16.8. The lowest BCUT2D eigenvalue weighted by Crippen LogP contribution is -2.10. The van der Waals surface area contributed by atoms with Crippen LogP contribution in [0.2, 0.25) is 0 Å². The summed E-state index contributed by atoms with van der Waals surface area (Å²) in [6.07, 6.45) is 3.09. The fraction of sp³-hybridized carbons (Fsp3) is 0.0909. The Hall–Kier alpha value is -4.10. The highest BCUT2D eigenvalue weighted by Crippen LogP contribution is 2.49. The molecule has 1 aliphatic heterocycles. The third-order valence-corrected chi connectivity index (χ3v) is 8.46. The van der Waals surface area contributed by atoms with Crippen molar-refractivity contribution in [1.82, 2.24) is 4.57 Å². The van der Waals surface area contributed by atoms with Crippen LogP contribution in [0.4, 0.5) is 0 Å². The van der Waals surface area contributed by atoms with E-state index in [-0.39, 0.29) is 0 Å². The van der Waals surface area contributed by atoms with Gasteiger partial charge in [0.2, 0.25) is 0 Å². The van der Waals surface area contributed by atoms with E-state index in [1.807, 2.05) is 0 Å². The van der Waals surface area contributed by atoms with E-state index in [0.717, 1.165) is 19.3 Å². The van der Waals surface area contributed by atoms with Crippen LogP contribution < -0.4 is 0 Å². The average Bonchev–Trinajstić information content (AvgIpc) is 3.53. The second kappa shape index (κ2) is 5.87. The van der Waals surface area contributed by atoms with E-state index < -0.39 is 0 Å². The monoisotopic (exact) mass is 431 g/mol. The molecular formula is C33H21N. The third-order valence-electron chi connectivity index (χ3n) is 8.46. The van der Waals surface area contributed by atoms with Crippen LogP contribution in [0.25, 0.3) is 49.7 Å². The fourth-order valence-corrected chi connectivity index (χ4v) is 7.00. The lowest BCUT2D eigenvalue weighted by Gasteiger charge is -2.23. The van der Waals surface area contributed by atoms with Gasteiger partial charge in [-0.2, -0.15) is 0 Å². The Morgan fingerprint density at radius 1 is 0.471 bits per heavy atom. The van der Waals surface area contributed by atoms with Gasteiger partial charge in [0.1, 0.15) is 0 Å². The number of nitrogens with zero attached hydrogens (tertiary/aromatic N) is 1. The number of hydrogen-bond donors (Lipinski definition) is 0. The zero-order chi connectivity index (χ0) is 22.0. The van der Waals surface area contributed by atoms with E-state index in [9.17, 15) is 0 Å². The summed E-state index contributed by atoms with van der Waals surface area (Å²) >= 11 is 0. The molecule has 0 saturated heterocycles. The minimum atomic E-state index is 1.02. The van der Waals surface area contributed by atoms with Crippen LogP contribution in [-0.2, 0) is 19.3 Å². The maximum Gasteiger partial charge on any atom is 0.0579 e. The molecule has 0 N–H and O–H groups in total. The summed E-state index contributed by atoms with van der Waals surface area (Å²) in [6.45, 7) is 0. The van der Waals surface area contributed by atoms with E-state index in [1.165, 1.54) is 83.1 Å². The summed E-state index contributed by atoms with van der Waals surface area (Å²) < 4.78 is 2.57. The number of rotatable bonds is 0. The average molecular weight is 432 g/mol. The molecule has 158 valence electrons. The summed E-state index contributed by atoms with van der Waals surface area (Å²) in [6, 6.07) is 34.4. The number of aromatic nitrogens is 1. The number of para-hydroxylation sites is 1. The quantitative estimate of drug-likeness (QED) is 0.231. The second-order valence-corrected chi connectivity index (χ2v) is 10.1. The van der Waals surface area contributed by atoms with E-state index in [4.69, 9.17) is 0 Å². The van der Waals surface area contributed by atoms with Gasteiger partial charge < -0.3 is 4.57 Å². The first-order valence-electron chi connectivity index (χ1n) is 12.3. The standard InChI is InChI=1S/C33H21N/c1-4-10-23-19(7-1)13-22-16-32-28(17-25(22)23)30-18-27-24-11-5-2-8-20(24)14-26(27)29-15-21-9-3-6-12-31(21)34(32)33(29)30/h1-12,16-18H,13-15H2. The van der Waals surface area contributed by atoms with Gasteiger partial charge in [0, 0.05) is 22.9 Å². The van der Waals surface area contributed by atoms with Gasteiger partial charge in [-0.1, -0.05) is 66.7 Å². The van der Waals surface area contributed by atoms with E-state index in [0.29, 0.717) is 0 Å². The van der Waals surface area contributed by atoms with Crippen LogP contribution in [0.1, 0.15) is 33.4 Å². The van der Waals surface area contributed by atoms with E-state index in [2.05, 4.69) is 95.6 Å². The molecule has 0 unspecified atom stereocenters. The normalized spacial score (nSPS) is 14.1. The molecule has 0 spiro atoms. The molecule has 0 saturated carbocycles. The van der Waals surface area contributed by atoms with Crippen molar-refractivity contribution in [1.29, 1.82) is 0 Å². The number of fused-ring (bicyclic) bond motifs is 12. The van der Waals surface area contributed by atoms with Crippen LogP contribution >= 0.6 is 0 Å². The predicted octanol–water partition coefficient (Wildman–Crippen LogP) is 7.83. The number of hydrogen-bond acceptors (Lipinski definition) is 0. The number of benzene rings is 5. The first kappa shape index (κ1) is 17.4. The minimum absolute atomic E-state index is 1.02. The molecule has 1 aromatic heterocycles. The van der Waals surface area contributed by atoms with Crippen molar-refractivity contribution in [3.05, 3.63) is 124 Å². The van der Waals surface area contributed by atoms with Gasteiger partial charge in [0.25, 0.3) is 0 Å². The summed E-state index contributed by atoms with van der Waals surface area (Å²) in [4.78, 5) is 0. The molecule has 9 rings (SSSR count). The van der Waals surface area contributed by atoms with E-state index in [1.54, 1.807) is 0 Å². The van der Waals surface area contributed by atoms with Crippen molar-refractivity contribution in [3.8, 4) is 27.9 Å². The van der Waals surface area contributed by atoms with Gasteiger partial charge in [-0.05, 0) is 92.7 Å². The molecule has 2 heterocycles. The molecule has 1 heteroatoms. The fourth-order valence-electron chi connectivity index (χ4n) is 7.00. The molecule has 5 aromatic carbocycles. The Labute approximate surface area is 197 Å². The van der Waals surface area contributed by atoms with Crippen LogP contribution in [0.5, 0.6) is 0 Å². The van der Waals surface area contributed by atoms with Gasteiger partial charge in [0.05, 0.1) is 11.0 Å². The Kier molecular flexibility index (Phi) is 3.00. The third kappa shape index (κ3) is 1.98. The van der Waals surface area contributed by atoms with Crippen LogP contribution in [0.3, 0.4) is 0 Å². The highest BCUT2D eigenvalue weighted by Gasteiger charge is 2.31. The molecule has 6 aromatic rings. The van der Waals surface area contributed by atoms with Crippen molar-refractivity contribution in [2.75, 3.05) is 0 Å². The van der Waals surface area contributed by atoms with Crippen molar-refractivity contribution >= 4 is 21.8 Å². The van der Waals surface area contributed by atoms with Gasteiger partial charge in [-0.25, -0.2) is 0 Å². The zero-order valence-corrected chi connectivity index (χ0v) is 18.7. The Morgan fingerprint density at radius 3 is 1.97 bits per heavy atom. The highest BCUT2D eigenvalue weighted by molar-refractivity contribution is 6.15. The molecule has 0 fully saturated rings. The Bertz CT molecular complexity index is 1880. The Morgan fingerprint density at radius 2 is 1.12 bits per heavy atom. The minimum Gasteiger partial charge on any atom is -0.309 e. The maximum atomic E-state index is 2.57. The molecule has 0 amide bonds. The molecule has 0 radical (unpaired) electrons. The maximum absolute atomic E-state index is 2.57. The van der Waals surface area contributed by atoms with Gasteiger partial charge >= 0.3 is 0 Å². The van der Waals surface area contributed by atoms with Crippen LogP contribution in [0, 0.1) is 0 Å². The lowest BCUT2D eigenvalue weighted by molar-refractivity contribution is 1.02. The SMILES string of the molecule is c1ccc2c(c1)Cc1cc3c(cc1-2)c1cc2c(c4c1n3-c1ccccc1C4)Cc1ccccc1-2. The summed E-state index contributed by atoms with van der Waals surface area (Å²) in [5.74, 6) is 0. The summed E-state index contributed by atoms with van der Waals surface area (Å²) in [5, 5.41) is 2.79. The predicted molar refractivity (Wildman–Crippen MR) is 140 cm³/mol. The molecule has 1 nitrogen and oxygen atoms in total. The van der Waals surface area contributed by atoms with Gasteiger partial charge in [-0.3, -0.25) is 0 Å². The van der Waals surface area contributed by atoms with E-state index >= 15 is 0 Å². The highest BCUT2D eigenvalue weighted by atomic mass is 15.0. The van der Waals surface area contributed by atoms with Crippen LogP contribution in [0.15, 0.2) is 91.0 Å². The first-order valence-corrected chi connectivity index (χ1v) is 12.3. The van der Waals surface area contributed by atoms with Crippen molar-refractivity contribution in [2.45, 2.75) is 19.3 Å². The lowest BCUT2D eigenvalue weighted by atomic mass is 9.90. The molecule has 3 aliphatic rings. The molecule has 0 bridgehead atoms. The molecule has 2 aliphatic carbocycles. The molecule has 0 atom stereocenters. The summed E-state index contributed by atoms with van der Waals surface area (Å²) in [5.41, 5.74) is 18.7. The molecule has 34 heavy (non-hydrogen) atoms. The zero-order valence-electron chi connectivity index (χ0n) is 18.7. The second-order valence-electron chi connectivity index (χ2n) is 10.1. The van der Waals surface area contributed by atoms with Crippen molar-refractivity contribution in [2.24, 2.45) is 0 Å². The Balaban J connectivity index is 1.47. The van der Waals surface area contributed by atoms with Gasteiger partial charge in [-0.15, -0.1) is 0 Å². The largest absolute Gasteiger partial charge is 0.309 e. The molecular weight excluding hydrogens is 410 g/mol. The van der Waals surface area contributed by atoms with Gasteiger partial charge in [0.15, 0.2) is 0 Å². The van der Waals surface area contributed by atoms with Crippen molar-refractivity contribution in [3.63, 3.8) is 0 Å².